The summed E-state index contributed by atoms with van der Waals surface area (Å²) in [6.07, 6.45) is 3.11. The van der Waals surface area contributed by atoms with E-state index in [0.717, 1.165) is 15.2 Å². The van der Waals surface area contributed by atoms with Crippen molar-refractivity contribution in [3.63, 3.8) is 0 Å². The van der Waals surface area contributed by atoms with Gasteiger partial charge in [-0.2, -0.15) is 0 Å². The van der Waals surface area contributed by atoms with Gasteiger partial charge in [-0.05, 0) is 50.3 Å². The van der Waals surface area contributed by atoms with Crippen LogP contribution in [0.2, 0.25) is 5.02 Å². The summed E-state index contributed by atoms with van der Waals surface area (Å²) >= 11 is 7.78. The van der Waals surface area contributed by atoms with Gasteiger partial charge in [-0.3, -0.25) is 9.59 Å². The lowest BCUT2D eigenvalue weighted by Gasteiger charge is -2.19. The maximum atomic E-state index is 12.4. The van der Waals surface area contributed by atoms with Gasteiger partial charge in [0, 0.05) is 24.9 Å². The van der Waals surface area contributed by atoms with E-state index in [1.807, 2.05) is 38.1 Å². The van der Waals surface area contributed by atoms with E-state index < -0.39 is 0 Å². The van der Waals surface area contributed by atoms with Gasteiger partial charge in [0.2, 0.25) is 5.91 Å². The Labute approximate surface area is 172 Å². The van der Waals surface area contributed by atoms with Crippen molar-refractivity contribution in [1.82, 2.24) is 9.88 Å². The zero-order chi connectivity index (χ0) is 20.1. The molecule has 5 nitrogen and oxygen atoms in total. The summed E-state index contributed by atoms with van der Waals surface area (Å²) in [6.45, 7) is 5.06. The lowest BCUT2D eigenvalue weighted by Crippen LogP contribution is -2.30. The number of amides is 2. The molecule has 0 saturated carbocycles. The molecule has 2 amide bonds. The minimum absolute atomic E-state index is 0.122. The van der Waals surface area contributed by atoms with Gasteiger partial charge in [-0.1, -0.05) is 23.7 Å². The van der Waals surface area contributed by atoms with Crippen molar-refractivity contribution in [2.75, 3.05) is 18.4 Å². The fourth-order valence-electron chi connectivity index (χ4n) is 2.74. The van der Waals surface area contributed by atoms with Crippen LogP contribution in [0.1, 0.15) is 29.2 Å². The molecular formula is C21H20ClN3O2S. The van der Waals surface area contributed by atoms with Crippen molar-refractivity contribution in [2.24, 2.45) is 0 Å². The van der Waals surface area contributed by atoms with Crippen LogP contribution in [0.3, 0.4) is 0 Å². The van der Waals surface area contributed by atoms with Crippen LogP contribution in [0.4, 0.5) is 5.69 Å². The number of rotatable bonds is 6. The molecule has 2 aromatic carbocycles. The lowest BCUT2D eigenvalue weighted by atomic mass is 10.1. The van der Waals surface area contributed by atoms with Crippen LogP contribution < -0.4 is 5.32 Å². The SMILES string of the molecule is CCN(CC)C(=O)c1ccc(NC(=O)/C=C/c2nc3ccccc3s2)cc1Cl. The number of hydrogen-bond acceptors (Lipinski definition) is 4. The molecule has 0 atom stereocenters. The number of halogens is 1. The topological polar surface area (TPSA) is 62.3 Å². The second-order valence-electron chi connectivity index (χ2n) is 6.01. The number of thiazole rings is 1. The Morgan fingerprint density at radius 1 is 1.18 bits per heavy atom. The molecule has 0 radical (unpaired) electrons. The number of para-hydroxylation sites is 1. The molecule has 1 heterocycles. The van der Waals surface area contributed by atoms with Crippen molar-refractivity contribution < 1.29 is 9.59 Å². The molecule has 0 aliphatic heterocycles. The predicted octanol–water partition coefficient (Wildman–Crippen LogP) is 5.08. The minimum atomic E-state index is -0.293. The number of nitrogens with one attached hydrogen (secondary N) is 1. The highest BCUT2D eigenvalue weighted by molar-refractivity contribution is 7.19. The zero-order valence-corrected chi connectivity index (χ0v) is 17.2. The van der Waals surface area contributed by atoms with E-state index in [0.29, 0.717) is 29.4 Å². The van der Waals surface area contributed by atoms with E-state index in [2.05, 4.69) is 10.3 Å². The van der Waals surface area contributed by atoms with E-state index in [-0.39, 0.29) is 11.8 Å². The van der Waals surface area contributed by atoms with Gasteiger partial charge >= 0.3 is 0 Å². The lowest BCUT2D eigenvalue weighted by molar-refractivity contribution is -0.111. The van der Waals surface area contributed by atoms with Crippen LogP contribution in [0.25, 0.3) is 16.3 Å². The van der Waals surface area contributed by atoms with E-state index in [1.165, 1.54) is 17.4 Å². The fraction of sp³-hybridized carbons (Fsp3) is 0.190. The Morgan fingerprint density at radius 3 is 2.61 bits per heavy atom. The Bertz CT molecular complexity index is 1010. The third kappa shape index (κ3) is 4.58. The summed E-state index contributed by atoms with van der Waals surface area (Å²) in [6, 6.07) is 12.7. The first-order valence-electron chi connectivity index (χ1n) is 8.95. The quantitative estimate of drug-likeness (QED) is 0.573. The van der Waals surface area contributed by atoms with Gasteiger partial charge in [-0.25, -0.2) is 4.98 Å². The Kier molecular flexibility index (Phi) is 6.44. The molecule has 1 aromatic heterocycles. The molecular weight excluding hydrogens is 394 g/mol. The summed E-state index contributed by atoms with van der Waals surface area (Å²) in [4.78, 5) is 30.8. The van der Waals surface area contributed by atoms with Gasteiger partial charge < -0.3 is 10.2 Å². The molecule has 3 aromatic rings. The Morgan fingerprint density at radius 2 is 1.93 bits per heavy atom. The third-order valence-corrected chi connectivity index (χ3v) is 5.52. The summed E-state index contributed by atoms with van der Waals surface area (Å²) in [5, 5.41) is 3.82. The highest BCUT2D eigenvalue weighted by Crippen LogP contribution is 2.24. The van der Waals surface area contributed by atoms with E-state index >= 15 is 0 Å². The molecule has 0 spiro atoms. The first-order valence-corrected chi connectivity index (χ1v) is 10.1. The second-order valence-corrected chi connectivity index (χ2v) is 7.48. The highest BCUT2D eigenvalue weighted by atomic mass is 35.5. The van der Waals surface area contributed by atoms with Crippen LogP contribution in [0, 0.1) is 0 Å². The Balaban J connectivity index is 1.68. The van der Waals surface area contributed by atoms with Gasteiger partial charge in [0.05, 0.1) is 20.8 Å². The number of hydrogen-bond donors (Lipinski definition) is 1. The predicted molar refractivity (Wildman–Crippen MR) is 116 cm³/mol. The van der Waals surface area contributed by atoms with Crippen molar-refractivity contribution in [2.45, 2.75) is 13.8 Å². The number of nitrogens with zero attached hydrogens (tertiary/aromatic N) is 2. The third-order valence-electron chi connectivity index (χ3n) is 4.21. The molecule has 1 N–H and O–H groups in total. The standard InChI is InChI=1S/C21H20ClN3O2S/c1-3-25(4-2)21(27)15-10-9-14(13-16(15)22)23-19(26)11-12-20-24-17-7-5-6-8-18(17)28-20/h5-13H,3-4H2,1-2H3,(H,23,26)/b12-11+. The first-order chi connectivity index (χ1) is 13.5. The number of carbonyl (C=O) groups is 2. The van der Waals surface area contributed by atoms with Crippen LogP contribution in [0.15, 0.2) is 48.5 Å². The molecule has 144 valence electrons. The molecule has 7 heteroatoms. The maximum absolute atomic E-state index is 12.4. The summed E-state index contributed by atoms with van der Waals surface area (Å²) in [7, 11) is 0. The normalized spacial score (nSPS) is 11.1. The van der Waals surface area contributed by atoms with Gasteiger partial charge in [0.25, 0.3) is 5.91 Å². The van der Waals surface area contributed by atoms with Crippen molar-refractivity contribution >= 4 is 56.7 Å². The van der Waals surface area contributed by atoms with Crippen LogP contribution in [-0.4, -0.2) is 34.8 Å². The number of fused-ring (bicyclic) bond motifs is 1. The molecule has 28 heavy (non-hydrogen) atoms. The van der Waals surface area contributed by atoms with Crippen LogP contribution in [0.5, 0.6) is 0 Å². The maximum Gasteiger partial charge on any atom is 0.255 e. The monoisotopic (exact) mass is 413 g/mol. The molecule has 0 bridgehead atoms. The van der Waals surface area contributed by atoms with Gasteiger partial charge in [-0.15, -0.1) is 11.3 Å². The largest absolute Gasteiger partial charge is 0.339 e. The van der Waals surface area contributed by atoms with E-state index in [9.17, 15) is 9.59 Å². The molecule has 0 aliphatic rings. The molecule has 0 aliphatic carbocycles. The number of anilines is 1. The molecule has 0 unspecified atom stereocenters. The first kappa shape index (κ1) is 20.0. The second kappa shape index (κ2) is 8.99. The number of carbonyl (C=O) groups excluding carboxylic acids is 2. The smallest absolute Gasteiger partial charge is 0.255 e. The summed E-state index contributed by atoms with van der Waals surface area (Å²) < 4.78 is 1.07. The Hall–Kier alpha value is -2.70. The average molecular weight is 414 g/mol. The summed E-state index contributed by atoms with van der Waals surface area (Å²) in [5.74, 6) is -0.415. The fourth-order valence-corrected chi connectivity index (χ4v) is 3.87. The average Bonchev–Trinajstić information content (AvgIpc) is 3.10. The number of benzene rings is 2. The van der Waals surface area contributed by atoms with E-state index in [4.69, 9.17) is 11.6 Å². The van der Waals surface area contributed by atoms with Crippen LogP contribution in [-0.2, 0) is 4.79 Å². The summed E-state index contributed by atoms with van der Waals surface area (Å²) in [5.41, 5.74) is 1.86. The molecule has 3 rings (SSSR count). The van der Waals surface area contributed by atoms with E-state index in [1.54, 1.807) is 29.2 Å². The molecule has 0 fully saturated rings. The van der Waals surface area contributed by atoms with Gasteiger partial charge in [0.15, 0.2) is 0 Å². The van der Waals surface area contributed by atoms with Crippen molar-refractivity contribution in [3.05, 3.63) is 64.1 Å². The highest BCUT2D eigenvalue weighted by Gasteiger charge is 2.16. The van der Waals surface area contributed by atoms with Crippen LogP contribution >= 0.6 is 22.9 Å². The zero-order valence-electron chi connectivity index (χ0n) is 15.6. The van der Waals surface area contributed by atoms with Gasteiger partial charge in [0.1, 0.15) is 5.01 Å². The van der Waals surface area contributed by atoms with Crippen molar-refractivity contribution in [1.29, 1.82) is 0 Å². The van der Waals surface area contributed by atoms with Crippen molar-refractivity contribution in [3.8, 4) is 0 Å². The molecule has 0 saturated heterocycles. The minimum Gasteiger partial charge on any atom is -0.339 e. The number of aromatic nitrogens is 1.